The minimum atomic E-state index is -3.23. The zero-order chi connectivity index (χ0) is 24.7. The third-order valence-corrected chi connectivity index (χ3v) is 6.33. The third-order valence-electron chi connectivity index (χ3n) is 6.33. The van der Waals surface area contributed by atoms with E-state index in [9.17, 15) is 29.5 Å². The molecule has 182 valence electrons. The fourth-order valence-electron chi connectivity index (χ4n) is 4.12. The van der Waals surface area contributed by atoms with E-state index in [-0.39, 0.29) is 42.2 Å². The molecule has 1 saturated heterocycles. The number of aromatic carboxylic acids is 1. The van der Waals surface area contributed by atoms with Crippen molar-refractivity contribution in [1.29, 1.82) is 0 Å². The minimum Gasteiger partial charge on any atom is -0.669 e. The van der Waals surface area contributed by atoms with Gasteiger partial charge in [0.05, 0.1) is 12.3 Å². The quantitative estimate of drug-likeness (QED) is 0.248. The number of nitrogens with two attached hydrogens (primary N) is 2. The summed E-state index contributed by atoms with van der Waals surface area (Å²) in [5.74, 6) is -3.51. The number of ether oxygens (including phenoxy) is 1. The van der Waals surface area contributed by atoms with Crippen LogP contribution in [0.4, 0.5) is 0 Å². The van der Waals surface area contributed by atoms with Gasteiger partial charge in [0.15, 0.2) is 0 Å². The second-order valence-electron chi connectivity index (χ2n) is 9.19. The number of primary amides is 1. The van der Waals surface area contributed by atoms with Crippen molar-refractivity contribution in [2.24, 2.45) is 11.5 Å². The van der Waals surface area contributed by atoms with Gasteiger partial charge in [0.2, 0.25) is 11.8 Å². The van der Waals surface area contributed by atoms with Gasteiger partial charge in [0.1, 0.15) is 23.0 Å². The number of amides is 2. The van der Waals surface area contributed by atoms with Gasteiger partial charge in [0.25, 0.3) is 0 Å². The third kappa shape index (κ3) is 5.06. The Bertz CT molecular complexity index is 964. The summed E-state index contributed by atoms with van der Waals surface area (Å²) in [6.45, 7) is 2.34. The molecule has 3 atom stereocenters. The average Bonchev–Trinajstić information content (AvgIpc) is 2.67. The maximum Gasteiger partial charge on any atom is 0.433 e. The van der Waals surface area contributed by atoms with E-state index in [2.05, 4.69) is 5.32 Å². The molecule has 2 aliphatic rings. The lowest BCUT2D eigenvalue weighted by molar-refractivity contribution is -0.129. The Morgan fingerprint density at radius 1 is 1.30 bits per heavy atom. The Morgan fingerprint density at radius 2 is 1.94 bits per heavy atom. The SMILES string of the molecule is C[C@@H]1c2ccc(OC3CN(CC(C)(N)C(=O)NCC(N)=O)C3)c(C(=O)O)c2O[B-](O)(O)[C@@H]1C. The average molecular weight is 465 g/mol. The first-order chi connectivity index (χ1) is 15.2. The summed E-state index contributed by atoms with van der Waals surface area (Å²) in [5.41, 5.74) is 10.1. The Balaban J connectivity index is 1.68. The molecule has 13 heteroatoms. The Hall–Kier alpha value is -2.87. The van der Waals surface area contributed by atoms with Crippen LogP contribution in [-0.4, -0.2) is 82.4 Å². The Kier molecular flexibility index (Phi) is 6.62. The number of hydrogen-bond donors (Lipinski definition) is 6. The number of hydrogen-bond acceptors (Lipinski definition) is 9. The van der Waals surface area contributed by atoms with E-state index in [1.165, 1.54) is 13.0 Å². The number of carboxylic acid groups (broad SMARTS) is 1. The molecule has 2 aliphatic heterocycles. The second-order valence-corrected chi connectivity index (χ2v) is 9.19. The molecule has 1 aromatic carbocycles. The highest BCUT2D eigenvalue weighted by atomic mass is 16.6. The summed E-state index contributed by atoms with van der Waals surface area (Å²) in [6.07, 6.45) is -0.371. The van der Waals surface area contributed by atoms with Crippen molar-refractivity contribution >= 4 is 24.5 Å². The molecule has 12 nitrogen and oxygen atoms in total. The molecular formula is C20H30BN4O8-. The maximum absolute atomic E-state index is 12.2. The van der Waals surface area contributed by atoms with E-state index in [0.29, 0.717) is 18.7 Å². The smallest absolute Gasteiger partial charge is 0.433 e. The van der Waals surface area contributed by atoms with Crippen LogP contribution >= 0.6 is 0 Å². The van der Waals surface area contributed by atoms with E-state index in [1.54, 1.807) is 19.9 Å². The van der Waals surface area contributed by atoms with Gasteiger partial charge in [-0.2, -0.15) is 0 Å². The van der Waals surface area contributed by atoms with E-state index in [0.717, 1.165) is 0 Å². The number of rotatable bonds is 8. The molecule has 1 fully saturated rings. The van der Waals surface area contributed by atoms with E-state index >= 15 is 0 Å². The molecule has 0 aromatic heterocycles. The molecule has 1 aromatic rings. The molecule has 2 heterocycles. The highest BCUT2D eigenvalue weighted by Crippen LogP contribution is 2.48. The summed E-state index contributed by atoms with van der Waals surface area (Å²) in [7, 11) is 0. The van der Waals surface area contributed by atoms with Crippen LogP contribution in [0.15, 0.2) is 12.1 Å². The van der Waals surface area contributed by atoms with E-state index < -0.39 is 35.9 Å². The number of nitrogens with one attached hydrogen (secondary N) is 1. The summed E-state index contributed by atoms with van der Waals surface area (Å²) in [5, 5.41) is 32.6. The van der Waals surface area contributed by atoms with Gasteiger partial charge in [-0.25, -0.2) is 4.79 Å². The summed E-state index contributed by atoms with van der Waals surface area (Å²) >= 11 is 0. The van der Waals surface area contributed by atoms with Gasteiger partial charge in [-0.15, -0.1) is 0 Å². The number of likely N-dealkylation sites (tertiary alicyclic amines) is 1. The molecule has 1 unspecified atom stereocenters. The number of carboxylic acids is 1. The number of carbonyl (C=O) groups excluding carboxylic acids is 2. The summed E-state index contributed by atoms with van der Waals surface area (Å²) in [6, 6.07) is 3.21. The molecule has 0 radical (unpaired) electrons. The van der Waals surface area contributed by atoms with Crippen LogP contribution in [0.1, 0.15) is 42.6 Å². The first-order valence-corrected chi connectivity index (χ1v) is 10.7. The summed E-state index contributed by atoms with van der Waals surface area (Å²) in [4.78, 5) is 36.8. The van der Waals surface area contributed by atoms with E-state index in [1.807, 2.05) is 4.90 Å². The number of nitrogens with zero attached hydrogens (tertiary/aromatic N) is 1. The van der Waals surface area contributed by atoms with Gasteiger partial charge >= 0.3 is 12.7 Å². The highest BCUT2D eigenvalue weighted by molar-refractivity contribution is 6.61. The van der Waals surface area contributed by atoms with Crippen molar-refractivity contribution in [3.05, 3.63) is 23.3 Å². The lowest BCUT2D eigenvalue weighted by atomic mass is 9.56. The predicted molar refractivity (Wildman–Crippen MR) is 118 cm³/mol. The molecule has 0 spiro atoms. The first kappa shape index (κ1) is 24.8. The second kappa shape index (κ2) is 8.82. The lowest BCUT2D eigenvalue weighted by Crippen LogP contribution is -2.64. The normalized spacial score (nSPS) is 23.9. The highest BCUT2D eigenvalue weighted by Gasteiger charge is 2.43. The van der Waals surface area contributed by atoms with Gasteiger partial charge < -0.3 is 41.3 Å². The van der Waals surface area contributed by atoms with Gasteiger partial charge in [-0.05, 0) is 24.5 Å². The largest absolute Gasteiger partial charge is 0.669 e. The van der Waals surface area contributed by atoms with E-state index in [4.69, 9.17) is 20.9 Å². The first-order valence-electron chi connectivity index (χ1n) is 10.7. The van der Waals surface area contributed by atoms with Crippen LogP contribution in [0, 0.1) is 0 Å². The van der Waals surface area contributed by atoms with Gasteiger partial charge in [0, 0.05) is 19.6 Å². The molecule has 0 saturated carbocycles. The van der Waals surface area contributed by atoms with Crippen LogP contribution in [0.25, 0.3) is 0 Å². The van der Waals surface area contributed by atoms with Crippen LogP contribution in [-0.2, 0) is 9.59 Å². The standard InChI is InChI=1S/C20H30BN4O8/c1-10-11(2)21(30,31)33-17-13(10)4-5-14(16(17)18(27)28)32-12-7-25(8-12)9-20(3,23)19(29)24-6-15(22)26/h4-5,10-12,30-31H,6-9,23H2,1-3H3,(H2,22,26)(H,24,29)(H,27,28)/q-1/t10-,11+,20?/m0/s1. The van der Waals surface area contributed by atoms with Crippen LogP contribution in [0.2, 0.25) is 5.82 Å². The molecule has 0 bridgehead atoms. The van der Waals surface area contributed by atoms with Crippen molar-refractivity contribution in [3.63, 3.8) is 0 Å². The Labute approximate surface area is 190 Å². The maximum atomic E-state index is 12.2. The molecule has 33 heavy (non-hydrogen) atoms. The minimum absolute atomic E-state index is 0.0500. The van der Waals surface area contributed by atoms with Gasteiger partial charge in [-0.1, -0.05) is 25.7 Å². The number of fused-ring (bicyclic) bond motifs is 1. The zero-order valence-corrected chi connectivity index (χ0v) is 18.8. The molecule has 0 aliphatic carbocycles. The molecule has 2 amide bonds. The van der Waals surface area contributed by atoms with Gasteiger partial charge in [-0.3, -0.25) is 14.5 Å². The fourth-order valence-corrected chi connectivity index (χ4v) is 4.12. The van der Waals surface area contributed by atoms with Crippen molar-refractivity contribution in [2.75, 3.05) is 26.2 Å². The van der Waals surface area contributed by atoms with Crippen molar-refractivity contribution in [1.82, 2.24) is 10.2 Å². The number of benzene rings is 1. The molecular weight excluding hydrogens is 435 g/mol. The summed E-state index contributed by atoms with van der Waals surface area (Å²) < 4.78 is 11.2. The van der Waals surface area contributed by atoms with Crippen molar-refractivity contribution in [3.8, 4) is 11.5 Å². The molecule has 8 N–H and O–H groups in total. The fraction of sp³-hybridized carbons (Fsp3) is 0.550. The van der Waals surface area contributed by atoms with Crippen molar-refractivity contribution in [2.45, 2.75) is 44.1 Å². The van der Waals surface area contributed by atoms with Crippen LogP contribution < -0.4 is 26.2 Å². The predicted octanol–water partition coefficient (Wildman–Crippen LogP) is -1.42. The topological polar surface area (TPSA) is 198 Å². The Morgan fingerprint density at radius 3 is 2.52 bits per heavy atom. The number of carbonyl (C=O) groups is 3. The lowest BCUT2D eigenvalue weighted by Gasteiger charge is -2.46. The van der Waals surface area contributed by atoms with Crippen molar-refractivity contribution < 1.29 is 38.9 Å². The monoisotopic (exact) mass is 465 g/mol. The van der Waals surface area contributed by atoms with Crippen LogP contribution in [0.5, 0.6) is 11.5 Å². The van der Waals surface area contributed by atoms with Crippen LogP contribution in [0.3, 0.4) is 0 Å². The molecule has 3 rings (SSSR count). The zero-order valence-electron chi connectivity index (χ0n) is 18.8.